The molecule has 3 N–H and O–H groups in total. The van der Waals surface area contributed by atoms with Gasteiger partial charge < -0.3 is 15.5 Å². The maximum Gasteiger partial charge on any atom is 0.219 e. The van der Waals surface area contributed by atoms with Crippen LogP contribution in [0.3, 0.4) is 0 Å². The fourth-order valence-electron chi connectivity index (χ4n) is 2.50. The molecule has 0 bridgehead atoms. The number of H-pyrrole nitrogens is 1. The number of ether oxygens (including phenoxy) is 1. The summed E-state index contributed by atoms with van der Waals surface area (Å²) in [6.07, 6.45) is 1.73. The number of nitrogens with two attached hydrogens (primary N) is 1. The number of aromatic nitrogens is 4. The molecular formula is C18H14FN5O. The fourth-order valence-corrected chi connectivity index (χ4v) is 2.50. The number of nitrogens with zero attached hydrogens (tertiary/aromatic N) is 3. The van der Waals surface area contributed by atoms with Gasteiger partial charge in [-0.2, -0.15) is 0 Å². The van der Waals surface area contributed by atoms with Crippen LogP contribution in [0.5, 0.6) is 11.6 Å². The van der Waals surface area contributed by atoms with E-state index < -0.39 is 5.82 Å². The van der Waals surface area contributed by atoms with Crippen LogP contribution < -0.4 is 10.5 Å². The lowest BCUT2D eigenvalue weighted by molar-refractivity contribution is 0.427. The van der Waals surface area contributed by atoms with Crippen molar-refractivity contribution in [3.05, 3.63) is 60.2 Å². The minimum Gasteiger partial charge on any atom is -0.436 e. The van der Waals surface area contributed by atoms with Crippen molar-refractivity contribution in [1.82, 2.24) is 19.9 Å². The quantitative estimate of drug-likeness (QED) is 0.594. The summed E-state index contributed by atoms with van der Waals surface area (Å²) in [5.41, 5.74) is 7.82. The normalized spacial score (nSPS) is 11.0. The van der Waals surface area contributed by atoms with Gasteiger partial charge in [0.25, 0.3) is 0 Å². The first kappa shape index (κ1) is 15.1. The van der Waals surface area contributed by atoms with E-state index in [1.165, 1.54) is 12.1 Å². The van der Waals surface area contributed by atoms with Crippen LogP contribution in [0.4, 0.5) is 10.2 Å². The van der Waals surface area contributed by atoms with Crippen molar-refractivity contribution in [2.45, 2.75) is 6.92 Å². The molecule has 0 aliphatic rings. The first-order valence-corrected chi connectivity index (χ1v) is 7.62. The molecule has 6 nitrogen and oxygen atoms in total. The van der Waals surface area contributed by atoms with Crippen LogP contribution in [0.2, 0.25) is 0 Å². The van der Waals surface area contributed by atoms with Crippen LogP contribution in [-0.4, -0.2) is 19.9 Å². The molecule has 7 heteroatoms. The number of pyridine rings is 1. The molecule has 0 unspecified atom stereocenters. The smallest absolute Gasteiger partial charge is 0.219 e. The van der Waals surface area contributed by atoms with Gasteiger partial charge in [-0.15, -0.1) is 0 Å². The van der Waals surface area contributed by atoms with Crippen molar-refractivity contribution in [3.8, 4) is 23.0 Å². The van der Waals surface area contributed by atoms with Gasteiger partial charge in [0.1, 0.15) is 11.5 Å². The number of rotatable bonds is 3. The summed E-state index contributed by atoms with van der Waals surface area (Å²) < 4.78 is 19.9. The molecule has 0 atom stereocenters. The monoisotopic (exact) mass is 335 g/mol. The second-order valence-corrected chi connectivity index (χ2v) is 5.54. The Morgan fingerprint density at radius 3 is 2.76 bits per heavy atom. The number of hydrogen-bond donors (Lipinski definition) is 2. The third-order valence-electron chi connectivity index (χ3n) is 3.71. The van der Waals surface area contributed by atoms with Gasteiger partial charge in [0.15, 0.2) is 17.4 Å². The molecule has 0 aliphatic heterocycles. The van der Waals surface area contributed by atoms with Crippen LogP contribution in [0.25, 0.3) is 22.4 Å². The SMILES string of the molecule is Cc1cccc(Oc2ccc(-c3nc(N)c4cc[nH]c4n3)cc2F)n1. The van der Waals surface area contributed by atoms with E-state index in [-0.39, 0.29) is 5.75 Å². The highest BCUT2D eigenvalue weighted by atomic mass is 19.1. The molecule has 0 saturated carbocycles. The summed E-state index contributed by atoms with van der Waals surface area (Å²) in [5.74, 6) is 0.558. The van der Waals surface area contributed by atoms with E-state index in [0.717, 1.165) is 11.1 Å². The Morgan fingerprint density at radius 1 is 1.08 bits per heavy atom. The van der Waals surface area contributed by atoms with E-state index in [1.54, 1.807) is 30.5 Å². The Labute approximate surface area is 142 Å². The third kappa shape index (κ3) is 2.87. The van der Waals surface area contributed by atoms with Gasteiger partial charge in [-0.1, -0.05) is 6.07 Å². The van der Waals surface area contributed by atoms with E-state index >= 15 is 0 Å². The van der Waals surface area contributed by atoms with Gasteiger partial charge in [-0.05, 0) is 37.3 Å². The number of fused-ring (bicyclic) bond motifs is 1. The van der Waals surface area contributed by atoms with Crippen LogP contribution in [-0.2, 0) is 0 Å². The Kier molecular flexibility index (Phi) is 3.53. The number of aryl methyl sites for hydroxylation is 1. The van der Waals surface area contributed by atoms with E-state index in [2.05, 4.69) is 19.9 Å². The molecule has 3 heterocycles. The first-order valence-electron chi connectivity index (χ1n) is 7.62. The third-order valence-corrected chi connectivity index (χ3v) is 3.71. The number of hydrogen-bond acceptors (Lipinski definition) is 5. The number of aromatic amines is 1. The highest BCUT2D eigenvalue weighted by Crippen LogP contribution is 2.28. The van der Waals surface area contributed by atoms with Gasteiger partial charge >= 0.3 is 0 Å². The largest absolute Gasteiger partial charge is 0.436 e. The van der Waals surface area contributed by atoms with Crippen LogP contribution in [0, 0.1) is 12.7 Å². The summed E-state index contributed by atoms with van der Waals surface area (Å²) in [7, 11) is 0. The van der Waals surface area contributed by atoms with Gasteiger partial charge in [0.05, 0.1) is 5.39 Å². The maximum atomic E-state index is 14.4. The molecular weight excluding hydrogens is 321 g/mol. The molecule has 0 spiro atoms. The molecule has 0 aliphatic carbocycles. The fraction of sp³-hybridized carbons (Fsp3) is 0.0556. The Hall–Kier alpha value is -3.48. The molecule has 3 aromatic heterocycles. The van der Waals surface area contributed by atoms with E-state index in [9.17, 15) is 4.39 Å². The molecule has 0 fully saturated rings. The topological polar surface area (TPSA) is 89.7 Å². The number of halogens is 1. The van der Waals surface area contributed by atoms with E-state index in [0.29, 0.717) is 28.7 Å². The van der Waals surface area contributed by atoms with Crippen molar-refractivity contribution in [2.75, 3.05) is 5.73 Å². The van der Waals surface area contributed by atoms with Gasteiger partial charge in [-0.3, -0.25) is 0 Å². The summed E-state index contributed by atoms with van der Waals surface area (Å²) in [4.78, 5) is 15.8. The highest BCUT2D eigenvalue weighted by Gasteiger charge is 2.12. The highest BCUT2D eigenvalue weighted by molar-refractivity contribution is 5.87. The summed E-state index contributed by atoms with van der Waals surface area (Å²) in [6.45, 7) is 1.84. The van der Waals surface area contributed by atoms with Crippen molar-refractivity contribution >= 4 is 16.9 Å². The molecule has 4 aromatic rings. The predicted molar refractivity (Wildman–Crippen MR) is 92.7 cm³/mol. The summed E-state index contributed by atoms with van der Waals surface area (Å²) in [6, 6.07) is 11.6. The average Bonchev–Trinajstić information content (AvgIpc) is 3.06. The molecule has 0 saturated heterocycles. The standard InChI is InChI=1S/C18H14FN5O/c1-10-3-2-4-15(22-10)25-14-6-5-11(9-13(14)19)17-23-16(20)12-7-8-21-18(12)24-17/h2-9H,1H3,(H3,20,21,23,24). The van der Waals surface area contributed by atoms with E-state index in [4.69, 9.17) is 10.5 Å². The Morgan fingerprint density at radius 2 is 1.96 bits per heavy atom. The second-order valence-electron chi connectivity index (χ2n) is 5.54. The minimum atomic E-state index is -0.533. The molecule has 0 amide bonds. The van der Waals surface area contributed by atoms with Crippen molar-refractivity contribution in [3.63, 3.8) is 0 Å². The molecule has 4 rings (SSSR count). The van der Waals surface area contributed by atoms with Crippen molar-refractivity contribution in [1.29, 1.82) is 0 Å². The number of nitrogens with one attached hydrogen (secondary N) is 1. The Balaban J connectivity index is 1.69. The maximum absolute atomic E-state index is 14.4. The molecule has 1 aromatic carbocycles. The average molecular weight is 335 g/mol. The summed E-state index contributed by atoms with van der Waals surface area (Å²) >= 11 is 0. The van der Waals surface area contributed by atoms with Crippen LogP contribution in [0.1, 0.15) is 5.69 Å². The first-order chi connectivity index (χ1) is 12.1. The zero-order valence-electron chi connectivity index (χ0n) is 13.3. The number of nitrogen functional groups attached to an aromatic ring is 1. The lowest BCUT2D eigenvalue weighted by atomic mass is 10.2. The minimum absolute atomic E-state index is 0.0794. The van der Waals surface area contributed by atoms with Gasteiger partial charge in [-0.25, -0.2) is 19.3 Å². The van der Waals surface area contributed by atoms with Crippen LogP contribution >= 0.6 is 0 Å². The molecule has 0 radical (unpaired) electrons. The van der Waals surface area contributed by atoms with Crippen molar-refractivity contribution in [2.24, 2.45) is 0 Å². The second kappa shape index (κ2) is 5.86. The number of benzene rings is 1. The number of anilines is 1. The molecule has 124 valence electrons. The van der Waals surface area contributed by atoms with Gasteiger partial charge in [0.2, 0.25) is 5.88 Å². The van der Waals surface area contributed by atoms with Crippen LogP contribution in [0.15, 0.2) is 48.7 Å². The summed E-state index contributed by atoms with van der Waals surface area (Å²) in [5, 5.41) is 0.731. The molecule has 25 heavy (non-hydrogen) atoms. The zero-order chi connectivity index (χ0) is 17.4. The van der Waals surface area contributed by atoms with Crippen molar-refractivity contribution < 1.29 is 9.13 Å². The Bertz CT molecular complexity index is 1080. The predicted octanol–water partition coefficient (Wildman–Crippen LogP) is 3.84. The van der Waals surface area contributed by atoms with E-state index in [1.807, 2.05) is 13.0 Å². The lowest BCUT2D eigenvalue weighted by Crippen LogP contribution is -1.98. The lowest BCUT2D eigenvalue weighted by Gasteiger charge is -2.08. The zero-order valence-corrected chi connectivity index (χ0v) is 13.3. The van der Waals surface area contributed by atoms with Gasteiger partial charge in [0, 0.05) is 23.5 Å².